The maximum absolute atomic E-state index is 14.3. The van der Waals surface area contributed by atoms with Crippen LogP contribution in [0.25, 0.3) is 5.69 Å². The average Bonchev–Trinajstić information content (AvgIpc) is 3.23. The van der Waals surface area contributed by atoms with Gasteiger partial charge in [0.2, 0.25) is 10.0 Å². The van der Waals surface area contributed by atoms with Gasteiger partial charge in [0.15, 0.2) is 5.16 Å². The Morgan fingerprint density at radius 2 is 1.69 bits per heavy atom. The Bertz CT molecular complexity index is 1450. The molecule has 2 N–H and O–H groups in total. The molecule has 5 nitrogen and oxygen atoms in total. The molecule has 1 heterocycles. The van der Waals surface area contributed by atoms with Gasteiger partial charge in [-0.3, -0.25) is 4.57 Å². The Hall–Kier alpha value is -2.72. The molecule has 0 radical (unpaired) electrons. The number of nitrogens with zero attached hydrogens (tertiary/aromatic N) is 2. The van der Waals surface area contributed by atoms with E-state index >= 15 is 0 Å². The molecule has 0 aliphatic carbocycles. The number of nitrogens with two attached hydrogens (primary N) is 1. The van der Waals surface area contributed by atoms with Crippen molar-refractivity contribution in [3.8, 4) is 5.69 Å². The molecule has 0 spiro atoms. The van der Waals surface area contributed by atoms with Crippen molar-refractivity contribution in [2.24, 2.45) is 5.14 Å². The summed E-state index contributed by atoms with van der Waals surface area (Å²) in [6, 6.07) is 16.9. The van der Waals surface area contributed by atoms with Crippen molar-refractivity contribution in [3.05, 3.63) is 106 Å². The molecule has 4 aromatic rings. The lowest BCUT2D eigenvalue weighted by Crippen LogP contribution is -2.23. The lowest BCUT2D eigenvalue weighted by Gasteiger charge is -2.27. The molecule has 35 heavy (non-hydrogen) atoms. The fourth-order valence-corrected chi connectivity index (χ4v) is 5.58. The van der Waals surface area contributed by atoms with E-state index in [1.807, 2.05) is 18.4 Å². The van der Waals surface area contributed by atoms with Gasteiger partial charge < -0.3 is 0 Å². The molecule has 0 atom stereocenters. The molecular weight excluding hydrogens is 512 g/mol. The molecule has 0 aliphatic heterocycles. The normalized spacial score (nSPS) is 12.2. The number of aromatic nitrogens is 2. The summed E-state index contributed by atoms with van der Waals surface area (Å²) in [5, 5.41) is 6.13. The van der Waals surface area contributed by atoms with Gasteiger partial charge in [-0.25, -0.2) is 27.3 Å². The lowest BCUT2D eigenvalue weighted by atomic mass is 9.81. The predicted molar refractivity (Wildman–Crippen MR) is 134 cm³/mol. The van der Waals surface area contributed by atoms with Crippen molar-refractivity contribution in [2.45, 2.75) is 35.1 Å². The van der Waals surface area contributed by atoms with Crippen LogP contribution in [0.3, 0.4) is 0 Å². The third-order valence-corrected chi connectivity index (χ3v) is 8.03. The first-order chi connectivity index (χ1) is 16.5. The van der Waals surface area contributed by atoms with Gasteiger partial charge in [-0.05, 0) is 54.1 Å². The van der Waals surface area contributed by atoms with E-state index in [2.05, 4.69) is 4.98 Å². The highest BCUT2D eigenvalue weighted by Gasteiger charge is 2.30. The van der Waals surface area contributed by atoms with E-state index in [4.69, 9.17) is 16.7 Å². The summed E-state index contributed by atoms with van der Waals surface area (Å²) in [4.78, 5) is 4.60. The van der Waals surface area contributed by atoms with Crippen LogP contribution in [0.4, 0.5) is 8.78 Å². The second-order valence-electron chi connectivity index (χ2n) is 8.42. The second kappa shape index (κ2) is 9.73. The van der Waals surface area contributed by atoms with E-state index in [-0.39, 0.29) is 16.5 Å². The maximum atomic E-state index is 14.3. The number of sulfonamides is 1. The quantitative estimate of drug-likeness (QED) is 0.292. The van der Waals surface area contributed by atoms with Crippen molar-refractivity contribution >= 4 is 33.4 Å². The molecule has 3 aromatic carbocycles. The van der Waals surface area contributed by atoms with Crippen LogP contribution in [0.1, 0.15) is 30.7 Å². The number of primary sulfonamides is 1. The molecule has 4 rings (SSSR count). The van der Waals surface area contributed by atoms with Gasteiger partial charge in [0, 0.05) is 27.4 Å². The monoisotopic (exact) mass is 533 g/mol. The lowest BCUT2D eigenvalue weighted by molar-refractivity contribution is 0.588. The first-order valence-electron chi connectivity index (χ1n) is 10.5. The highest BCUT2D eigenvalue weighted by atomic mass is 35.5. The molecule has 0 unspecified atom stereocenters. The second-order valence-corrected chi connectivity index (χ2v) is 11.3. The Labute approximate surface area is 212 Å². The molecule has 1 aromatic heterocycles. The van der Waals surface area contributed by atoms with Gasteiger partial charge in [-0.1, -0.05) is 55.4 Å². The van der Waals surface area contributed by atoms with Crippen LogP contribution < -0.4 is 5.14 Å². The summed E-state index contributed by atoms with van der Waals surface area (Å²) >= 11 is 7.50. The minimum Gasteiger partial charge on any atom is -0.291 e. The zero-order valence-corrected chi connectivity index (χ0v) is 21.3. The van der Waals surface area contributed by atoms with E-state index in [0.29, 0.717) is 21.4 Å². The summed E-state index contributed by atoms with van der Waals surface area (Å²) < 4.78 is 53.2. The summed E-state index contributed by atoms with van der Waals surface area (Å²) in [7, 11) is -3.82. The number of hydrogen-bond acceptors (Lipinski definition) is 4. The van der Waals surface area contributed by atoms with Crippen LogP contribution in [-0.4, -0.2) is 18.0 Å². The summed E-state index contributed by atoms with van der Waals surface area (Å²) in [5.41, 5.74) is 2.01. The number of thioether (sulfide) groups is 1. The highest BCUT2D eigenvalue weighted by Crippen LogP contribution is 2.37. The predicted octanol–water partition coefficient (Wildman–Crippen LogP) is 6.07. The molecule has 0 bridgehead atoms. The minimum absolute atomic E-state index is 0.0158. The summed E-state index contributed by atoms with van der Waals surface area (Å²) in [6.07, 6.45) is 1.71. The van der Waals surface area contributed by atoms with E-state index in [0.717, 1.165) is 11.3 Å². The van der Waals surface area contributed by atoms with Gasteiger partial charge >= 0.3 is 0 Å². The molecule has 182 valence electrons. The number of hydrogen-bond donors (Lipinski definition) is 1. The van der Waals surface area contributed by atoms with Gasteiger partial charge in [-0.15, -0.1) is 0 Å². The van der Waals surface area contributed by atoms with Crippen molar-refractivity contribution in [3.63, 3.8) is 0 Å². The topological polar surface area (TPSA) is 78.0 Å². The molecule has 0 amide bonds. The number of benzene rings is 3. The fraction of sp³-hybridized carbons (Fsp3) is 0.160. The Balaban J connectivity index is 1.78. The first-order valence-corrected chi connectivity index (χ1v) is 13.4. The highest BCUT2D eigenvalue weighted by molar-refractivity contribution is 7.98. The maximum Gasteiger partial charge on any atom is 0.238 e. The average molecular weight is 534 g/mol. The molecule has 0 saturated carbocycles. The Kier molecular flexibility index (Phi) is 7.06. The van der Waals surface area contributed by atoms with E-state index in [1.165, 1.54) is 42.1 Å². The van der Waals surface area contributed by atoms with Gasteiger partial charge in [0.25, 0.3) is 0 Å². The molecule has 0 saturated heterocycles. The minimum atomic E-state index is -3.82. The largest absolute Gasteiger partial charge is 0.291 e. The van der Waals surface area contributed by atoms with E-state index in [9.17, 15) is 17.2 Å². The van der Waals surface area contributed by atoms with Crippen molar-refractivity contribution < 1.29 is 17.2 Å². The van der Waals surface area contributed by atoms with Gasteiger partial charge in [-0.2, -0.15) is 0 Å². The molecule has 0 fully saturated rings. The van der Waals surface area contributed by atoms with Crippen LogP contribution in [0.2, 0.25) is 5.02 Å². The number of halogens is 3. The number of rotatable bonds is 7. The zero-order valence-electron chi connectivity index (χ0n) is 18.9. The van der Waals surface area contributed by atoms with Crippen LogP contribution in [0.15, 0.2) is 83.0 Å². The van der Waals surface area contributed by atoms with Crippen LogP contribution in [0, 0.1) is 11.6 Å². The SMILES string of the molecule is CC(C)(c1ccc(S(N)(=O)=O)cc1)c1cnc(SCc2c(F)cccc2Cl)n1-c1ccc(F)cc1. The number of imidazole rings is 1. The van der Waals surface area contributed by atoms with Crippen LogP contribution in [0.5, 0.6) is 0 Å². The standard InChI is InChI=1S/C25H22ClF2N3O2S2/c1-25(2,16-6-12-19(13-7-16)35(29,32)33)23-14-30-24(31(23)18-10-8-17(27)9-11-18)34-15-20-21(26)4-3-5-22(20)28/h3-14H,15H2,1-2H3,(H2,29,32,33). The van der Waals surface area contributed by atoms with Crippen LogP contribution in [-0.2, 0) is 21.2 Å². The molecular formula is C25H22ClF2N3O2S2. The third kappa shape index (κ3) is 5.28. The third-order valence-electron chi connectivity index (χ3n) is 5.77. The fourth-order valence-electron chi connectivity index (χ4n) is 3.73. The smallest absolute Gasteiger partial charge is 0.238 e. The Morgan fingerprint density at radius 1 is 1.03 bits per heavy atom. The molecule has 10 heteroatoms. The summed E-state index contributed by atoms with van der Waals surface area (Å²) in [6.45, 7) is 3.94. The summed E-state index contributed by atoms with van der Waals surface area (Å²) in [5.74, 6) is -0.534. The van der Waals surface area contributed by atoms with Crippen LogP contribution >= 0.6 is 23.4 Å². The molecule has 0 aliphatic rings. The Morgan fingerprint density at radius 3 is 2.29 bits per heavy atom. The van der Waals surface area contributed by atoms with E-state index < -0.39 is 21.3 Å². The van der Waals surface area contributed by atoms with Crippen molar-refractivity contribution in [2.75, 3.05) is 0 Å². The van der Waals surface area contributed by atoms with Gasteiger partial charge in [0.1, 0.15) is 11.6 Å². The van der Waals surface area contributed by atoms with E-state index in [1.54, 1.807) is 42.6 Å². The first kappa shape index (κ1) is 25.4. The van der Waals surface area contributed by atoms with Crippen molar-refractivity contribution in [1.82, 2.24) is 9.55 Å². The van der Waals surface area contributed by atoms with Crippen molar-refractivity contribution in [1.29, 1.82) is 0 Å². The zero-order chi connectivity index (χ0) is 25.4. The van der Waals surface area contributed by atoms with Gasteiger partial charge in [0.05, 0.1) is 16.8 Å².